The van der Waals surface area contributed by atoms with Crippen LogP contribution in [0.5, 0.6) is 0 Å². The Morgan fingerprint density at radius 2 is 1.61 bits per heavy atom. The zero-order valence-electron chi connectivity index (χ0n) is 18.9. The van der Waals surface area contributed by atoms with E-state index in [2.05, 4.69) is 14.9 Å². The molecule has 174 valence electrons. The lowest BCUT2D eigenvalue weighted by atomic mass is 9.77. The van der Waals surface area contributed by atoms with Crippen molar-refractivity contribution in [3.05, 3.63) is 96.1 Å². The highest BCUT2D eigenvalue weighted by Gasteiger charge is 2.47. The van der Waals surface area contributed by atoms with Crippen LogP contribution in [0.2, 0.25) is 0 Å². The zero-order valence-corrected chi connectivity index (χ0v) is 19.8. The average molecular weight is 467 g/mol. The number of hydrogen-bond donors (Lipinski definition) is 1. The van der Waals surface area contributed by atoms with Gasteiger partial charge in [-0.25, -0.2) is 12.7 Å². The van der Waals surface area contributed by atoms with E-state index in [0.717, 1.165) is 12.0 Å². The molecule has 0 aliphatic carbocycles. The van der Waals surface area contributed by atoms with Gasteiger partial charge in [-0.2, -0.15) is 0 Å². The standard InChI is InChI=1S/C25H30N4O3S/c1-28(2)33(31,32)23-13-8-16-29(19-23)24(20-9-4-3-5-10-20)25(30,21-11-6-14-26-17-21)22-12-7-15-27-18-22/h3-7,9-12,14-15,17-18,23-24,30H,8,13,16,19H2,1-2H3. The molecule has 4 rings (SSSR count). The van der Waals surface area contributed by atoms with Crippen LogP contribution in [0.15, 0.2) is 79.4 Å². The first-order chi connectivity index (χ1) is 15.8. The number of sulfonamides is 1. The van der Waals surface area contributed by atoms with Gasteiger partial charge in [0.05, 0.1) is 11.3 Å². The average Bonchev–Trinajstić information content (AvgIpc) is 2.86. The monoisotopic (exact) mass is 466 g/mol. The van der Waals surface area contributed by atoms with Crippen molar-refractivity contribution in [2.24, 2.45) is 0 Å². The fourth-order valence-electron chi connectivity index (χ4n) is 4.75. The Labute approximate surface area is 195 Å². The van der Waals surface area contributed by atoms with E-state index in [1.807, 2.05) is 42.5 Å². The molecule has 2 unspecified atom stereocenters. The summed E-state index contributed by atoms with van der Waals surface area (Å²) in [5.41, 5.74) is 0.665. The first-order valence-corrected chi connectivity index (χ1v) is 12.6. The predicted octanol–water partition coefficient (Wildman–Crippen LogP) is 2.81. The van der Waals surface area contributed by atoms with E-state index >= 15 is 0 Å². The minimum atomic E-state index is -3.44. The summed E-state index contributed by atoms with van der Waals surface area (Å²) in [7, 11) is -0.290. The van der Waals surface area contributed by atoms with Gasteiger partial charge in [0.1, 0.15) is 5.60 Å². The van der Waals surface area contributed by atoms with Crippen molar-refractivity contribution in [1.29, 1.82) is 0 Å². The van der Waals surface area contributed by atoms with Crippen molar-refractivity contribution in [3.63, 3.8) is 0 Å². The third kappa shape index (κ3) is 4.56. The molecule has 2 atom stereocenters. The molecule has 3 heterocycles. The number of aliphatic hydroxyl groups is 1. The highest BCUT2D eigenvalue weighted by Crippen LogP contribution is 2.45. The van der Waals surface area contributed by atoms with Crippen LogP contribution in [0, 0.1) is 0 Å². The maximum Gasteiger partial charge on any atom is 0.217 e. The van der Waals surface area contributed by atoms with E-state index < -0.39 is 26.9 Å². The summed E-state index contributed by atoms with van der Waals surface area (Å²) in [6.45, 7) is 0.991. The van der Waals surface area contributed by atoms with E-state index in [1.165, 1.54) is 4.31 Å². The largest absolute Gasteiger partial charge is 0.378 e. The molecule has 7 nitrogen and oxygen atoms in total. The van der Waals surface area contributed by atoms with Crippen molar-refractivity contribution in [2.75, 3.05) is 27.2 Å². The van der Waals surface area contributed by atoms with Crippen molar-refractivity contribution in [2.45, 2.75) is 29.7 Å². The van der Waals surface area contributed by atoms with Crippen LogP contribution in [0.1, 0.15) is 35.6 Å². The minimum Gasteiger partial charge on any atom is -0.378 e. The van der Waals surface area contributed by atoms with Gasteiger partial charge in [0.25, 0.3) is 0 Å². The van der Waals surface area contributed by atoms with Gasteiger partial charge in [0.2, 0.25) is 10.0 Å². The topological polar surface area (TPSA) is 86.6 Å². The highest BCUT2D eigenvalue weighted by molar-refractivity contribution is 7.89. The van der Waals surface area contributed by atoms with E-state index in [9.17, 15) is 13.5 Å². The highest BCUT2D eigenvalue weighted by atomic mass is 32.2. The number of pyridine rings is 2. The van der Waals surface area contributed by atoms with Crippen LogP contribution in [-0.4, -0.2) is 65.1 Å². The van der Waals surface area contributed by atoms with Gasteiger partial charge >= 0.3 is 0 Å². The van der Waals surface area contributed by atoms with Gasteiger partial charge in [0.15, 0.2) is 0 Å². The second-order valence-corrected chi connectivity index (χ2v) is 11.1. The number of rotatable bonds is 7. The molecule has 1 aliphatic rings. The second kappa shape index (κ2) is 9.69. The van der Waals surface area contributed by atoms with Gasteiger partial charge in [-0.3, -0.25) is 14.9 Å². The van der Waals surface area contributed by atoms with Crippen molar-refractivity contribution >= 4 is 10.0 Å². The Balaban J connectivity index is 1.88. The van der Waals surface area contributed by atoms with Crippen LogP contribution in [0.3, 0.4) is 0 Å². The molecule has 1 aliphatic heterocycles. The smallest absolute Gasteiger partial charge is 0.217 e. The number of aromatic nitrogens is 2. The van der Waals surface area contributed by atoms with E-state index in [-0.39, 0.29) is 0 Å². The number of hydrogen-bond acceptors (Lipinski definition) is 6. The molecule has 8 heteroatoms. The third-order valence-corrected chi connectivity index (χ3v) is 8.66. The molecule has 1 fully saturated rings. The summed E-state index contributed by atoms with van der Waals surface area (Å²) in [5, 5.41) is 12.0. The molecule has 0 spiro atoms. The molecule has 0 bridgehead atoms. The van der Waals surface area contributed by atoms with Crippen LogP contribution >= 0.6 is 0 Å². The molecule has 0 radical (unpaired) electrons. The third-order valence-electron chi connectivity index (χ3n) is 6.42. The summed E-state index contributed by atoms with van der Waals surface area (Å²) in [6.07, 6.45) is 7.99. The summed E-state index contributed by atoms with van der Waals surface area (Å²) in [6, 6.07) is 16.5. The number of nitrogens with zero attached hydrogens (tertiary/aromatic N) is 4. The number of benzene rings is 1. The first-order valence-electron chi connectivity index (χ1n) is 11.1. The predicted molar refractivity (Wildman–Crippen MR) is 128 cm³/mol. The molecule has 0 amide bonds. The molecule has 2 aromatic heterocycles. The Bertz CT molecular complexity index is 1100. The SMILES string of the molecule is CN(C)S(=O)(=O)C1CCCN(C(c2ccccc2)C(O)(c2cccnc2)c2cccnc2)C1. The fourth-order valence-corrected chi connectivity index (χ4v) is 6.19. The zero-order chi connectivity index (χ0) is 23.5. The minimum absolute atomic E-state index is 0.322. The Kier molecular flexibility index (Phi) is 6.90. The van der Waals surface area contributed by atoms with Gasteiger partial charge in [-0.15, -0.1) is 0 Å². The lowest BCUT2D eigenvalue weighted by Crippen LogP contribution is -2.52. The van der Waals surface area contributed by atoms with Gasteiger partial charge in [-0.1, -0.05) is 42.5 Å². The lowest BCUT2D eigenvalue weighted by molar-refractivity contribution is -0.0299. The number of piperidine rings is 1. The number of likely N-dealkylation sites (tertiary alicyclic amines) is 1. The van der Waals surface area contributed by atoms with Gasteiger partial charge < -0.3 is 5.11 Å². The van der Waals surface area contributed by atoms with Crippen molar-refractivity contribution < 1.29 is 13.5 Å². The summed E-state index contributed by atoms with van der Waals surface area (Å²) < 4.78 is 27.3. The maximum absolute atomic E-state index is 13.0. The van der Waals surface area contributed by atoms with Crippen molar-refractivity contribution in [3.8, 4) is 0 Å². The Morgan fingerprint density at radius 3 is 2.12 bits per heavy atom. The maximum atomic E-state index is 13.0. The molecular weight excluding hydrogens is 436 g/mol. The van der Waals surface area contributed by atoms with Crippen molar-refractivity contribution in [1.82, 2.24) is 19.2 Å². The first kappa shape index (κ1) is 23.5. The normalized spacial score (nSPS) is 18.8. The molecule has 3 aromatic rings. The Morgan fingerprint density at radius 1 is 1.00 bits per heavy atom. The van der Waals surface area contributed by atoms with E-state index in [4.69, 9.17) is 0 Å². The quantitative estimate of drug-likeness (QED) is 0.576. The van der Waals surface area contributed by atoms with Gasteiger partial charge in [0, 0.05) is 56.6 Å². The summed E-state index contributed by atoms with van der Waals surface area (Å²) in [5.74, 6) is 0. The van der Waals surface area contributed by atoms with Crippen LogP contribution in [-0.2, 0) is 15.6 Å². The summed E-state index contributed by atoms with van der Waals surface area (Å²) >= 11 is 0. The summed E-state index contributed by atoms with van der Waals surface area (Å²) in [4.78, 5) is 10.6. The molecule has 1 saturated heterocycles. The molecule has 33 heavy (non-hydrogen) atoms. The van der Waals surface area contributed by atoms with E-state index in [0.29, 0.717) is 30.6 Å². The van der Waals surface area contributed by atoms with Crippen LogP contribution in [0.4, 0.5) is 0 Å². The molecular formula is C25H30N4O3S. The molecule has 1 N–H and O–H groups in total. The fraction of sp³-hybridized carbons (Fsp3) is 0.360. The second-order valence-electron chi connectivity index (χ2n) is 8.65. The van der Waals surface area contributed by atoms with E-state index in [1.54, 1.807) is 51.0 Å². The molecule has 1 aromatic carbocycles. The lowest BCUT2D eigenvalue weighted by Gasteiger charge is -2.46. The Hall–Kier alpha value is -2.65. The van der Waals surface area contributed by atoms with Crippen LogP contribution in [0.25, 0.3) is 0 Å². The van der Waals surface area contributed by atoms with Crippen LogP contribution < -0.4 is 0 Å². The molecule has 0 saturated carbocycles. The van der Waals surface area contributed by atoms with Gasteiger partial charge in [-0.05, 0) is 37.1 Å².